The molecule has 2 heterocycles. The van der Waals surface area contributed by atoms with Gasteiger partial charge in [-0.15, -0.1) is 0 Å². The van der Waals surface area contributed by atoms with Crippen molar-refractivity contribution < 1.29 is 24.3 Å². The van der Waals surface area contributed by atoms with Gasteiger partial charge >= 0.3 is 5.97 Å². The van der Waals surface area contributed by atoms with E-state index in [0.29, 0.717) is 18.5 Å². The standard InChI is InChI=1S/C27H36N4O5/c1-27(2)15-18(23(32)31-27)14-22(26(35)36)30-24(33)20(12-16-8-4-3-5-9-16)29-25(34)21-13-17-10-6-7-11-19(17)28-21/h6-7,10-11,13,16,18,20,22,28H,3-5,8-9,12,14-15H2,1-2H3,(H,29,34)(H,30,33)(H,31,32)(H,35,36)/t18?,20-,22?/m0/s1. The number of benzene rings is 1. The van der Waals surface area contributed by atoms with Gasteiger partial charge in [-0.05, 0) is 51.2 Å². The van der Waals surface area contributed by atoms with Gasteiger partial charge in [-0.25, -0.2) is 4.79 Å². The molecule has 0 spiro atoms. The number of para-hydroxylation sites is 1. The van der Waals surface area contributed by atoms with Gasteiger partial charge in [0.2, 0.25) is 11.8 Å². The fourth-order valence-electron chi connectivity index (χ4n) is 5.58. The van der Waals surface area contributed by atoms with E-state index in [1.54, 1.807) is 6.07 Å². The smallest absolute Gasteiger partial charge is 0.326 e. The fourth-order valence-corrected chi connectivity index (χ4v) is 5.58. The van der Waals surface area contributed by atoms with Crippen molar-refractivity contribution >= 4 is 34.6 Å². The number of carboxylic acids is 1. The molecule has 2 aliphatic rings. The first-order chi connectivity index (χ1) is 17.1. The molecule has 4 rings (SSSR count). The molecule has 3 amide bonds. The number of hydrogen-bond acceptors (Lipinski definition) is 4. The molecule has 3 atom stereocenters. The van der Waals surface area contributed by atoms with Crippen molar-refractivity contribution in [2.45, 2.75) is 82.8 Å². The molecular formula is C27H36N4O5. The molecule has 194 valence electrons. The lowest BCUT2D eigenvalue weighted by Gasteiger charge is -2.28. The van der Waals surface area contributed by atoms with Crippen molar-refractivity contribution in [3.05, 3.63) is 36.0 Å². The number of aromatic nitrogens is 1. The first-order valence-electron chi connectivity index (χ1n) is 12.8. The number of carboxylic acid groups (broad SMARTS) is 1. The summed E-state index contributed by atoms with van der Waals surface area (Å²) in [6, 6.07) is 7.17. The van der Waals surface area contributed by atoms with Gasteiger partial charge in [-0.1, -0.05) is 50.3 Å². The van der Waals surface area contributed by atoms with Crippen LogP contribution < -0.4 is 16.0 Å². The zero-order chi connectivity index (χ0) is 25.9. The van der Waals surface area contributed by atoms with Crippen LogP contribution in [0, 0.1) is 11.8 Å². The van der Waals surface area contributed by atoms with E-state index in [2.05, 4.69) is 20.9 Å². The summed E-state index contributed by atoms with van der Waals surface area (Å²) in [5.74, 6) is -2.56. The Morgan fingerprint density at radius 1 is 1.06 bits per heavy atom. The van der Waals surface area contributed by atoms with Crippen LogP contribution in [0.4, 0.5) is 0 Å². The molecule has 36 heavy (non-hydrogen) atoms. The van der Waals surface area contributed by atoms with Crippen LogP contribution in [0.25, 0.3) is 10.9 Å². The zero-order valence-corrected chi connectivity index (χ0v) is 20.9. The molecule has 2 unspecified atom stereocenters. The van der Waals surface area contributed by atoms with Crippen molar-refractivity contribution in [2.75, 3.05) is 0 Å². The van der Waals surface area contributed by atoms with Crippen LogP contribution in [-0.4, -0.2) is 51.4 Å². The Hall–Kier alpha value is -3.36. The van der Waals surface area contributed by atoms with E-state index in [0.717, 1.165) is 43.0 Å². The molecule has 5 N–H and O–H groups in total. The Kier molecular flexibility index (Phi) is 7.66. The van der Waals surface area contributed by atoms with Crippen LogP contribution >= 0.6 is 0 Å². The quantitative estimate of drug-likeness (QED) is 0.363. The number of H-pyrrole nitrogens is 1. The summed E-state index contributed by atoms with van der Waals surface area (Å²) in [7, 11) is 0. The molecule has 0 radical (unpaired) electrons. The molecule has 1 saturated carbocycles. The van der Waals surface area contributed by atoms with Crippen molar-refractivity contribution in [1.82, 2.24) is 20.9 Å². The molecule has 1 aromatic carbocycles. The van der Waals surface area contributed by atoms with Crippen molar-refractivity contribution in [3.63, 3.8) is 0 Å². The third-order valence-corrected chi connectivity index (χ3v) is 7.41. The number of aliphatic carboxylic acids is 1. The topological polar surface area (TPSA) is 140 Å². The second-order valence-electron chi connectivity index (χ2n) is 10.9. The summed E-state index contributed by atoms with van der Waals surface area (Å²) in [5, 5.41) is 19.0. The van der Waals surface area contributed by atoms with Crippen LogP contribution in [0.1, 0.15) is 75.7 Å². The summed E-state index contributed by atoms with van der Waals surface area (Å²) in [4.78, 5) is 53.9. The maximum absolute atomic E-state index is 13.4. The van der Waals surface area contributed by atoms with Gasteiger partial charge in [0, 0.05) is 22.4 Å². The number of rotatable bonds is 9. The van der Waals surface area contributed by atoms with E-state index in [9.17, 15) is 24.3 Å². The van der Waals surface area contributed by atoms with Gasteiger partial charge in [0.05, 0.1) is 0 Å². The largest absolute Gasteiger partial charge is 0.480 e. The molecule has 2 fully saturated rings. The Bertz CT molecular complexity index is 1100. The molecule has 1 aromatic heterocycles. The minimum atomic E-state index is -1.22. The number of carbonyl (C=O) groups excluding carboxylic acids is 3. The van der Waals surface area contributed by atoms with Crippen molar-refractivity contribution in [2.24, 2.45) is 11.8 Å². The third kappa shape index (κ3) is 6.25. The average Bonchev–Trinajstić information content (AvgIpc) is 3.38. The first-order valence-corrected chi connectivity index (χ1v) is 12.8. The molecule has 0 bridgehead atoms. The molecule has 2 aromatic rings. The minimum Gasteiger partial charge on any atom is -0.480 e. The van der Waals surface area contributed by atoms with Crippen molar-refractivity contribution in [1.29, 1.82) is 0 Å². The van der Waals surface area contributed by atoms with E-state index in [1.165, 1.54) is 0 Å². The van der Waals surface area contributed by atoms with Gasteiger partial charge in [-0.3, -0.25) is 14.4 Å². The van der Waals surface area contributed by atoms with Gasteiger partial charge in [-0.2, -0.15) is 0 Å². The lowest BCUT2D eigenvalue weighted by Crippen LogP contribution is -2.53. The summed E-state index contributed by atoms with van der Waals surface area (Å²) in [5.41, 5.74) is 0.753. The van der Waals surface area contributed by atoms with E-state index in [4.69, 9.17) is 0 Å². The second-order valence-corrected chi connectivity index (χ2v) is 10.9. The lowest BCUT2D eigenvalue weighted by molar-refractivity contribution is -0.143. The Morgan fingerprint density at radius 2 is 1.78 bits per heavy atom. The van der Waals surface area contributed by atoms with Gasteiger partial charge in [0.15, 0.2) is 0 Å². The van der Waals surface area contributed by atoms with E-state index >= 15 is 0 Å². The SMILES string of the molecule is CC1(C)CC(CC(NC(=O)[C@H](CC2CCCCC2)NC(=O)c2cc3ccccc3[nH]2)C(=O)O)C(=O)N1. The zero-order valence-electron chi connectivity index (χ0n) is 20.9. The number of fused-ring (bicyclic) bond motifs is 1. The highest BCUT2D eigenvalue weighted by Gasteiger charge is 2.40. The van der Waals surface area contributed by atoms with Crippen LogP contribution in [0.15, 0.2) is 30.3 Å². The molecule has 9 nitrogen and oxygen atoms in total. The predicted octanol–water partition coefficient (Wildman–Crippen LogP) is 3.11. The number of aromatic amines is 1. The average molecular weight is 497 g/mol. The number of nitrogens with one attached hydrogen (secondary N) is 4. The van der Waals surface area contributed by atoms with Crippen molar-refractivity contribution in [3.8, 4) is 0 Å². The summed E-state index contributed by atoms with van der Waals surface area (Å²) >= 11 is 0. The highest BCUT2D eigenvalue weighted by atomic mass is 16.4. The summed E-state index contributed by atoms with van der Waals surface area (Å²) in [6.07, 6.45) is 6.23. The first kappa shape index (κ1) is 25.7. The van der Waals surface area contributed by atoms with Gasteiger partial charge < -0.3 is 26.0 Å². The predicted molar refractivity (Wildman–Crippen MR) is 135 cm³/mol. The van der Waals surface area contributed by atoms with Crippen LogP contribution in [-0.2, 0) is 14.4 Å². The van der Waals surface area contributed by atoms with E-state index in [-0.39, 0.29) is 18.2 Å². The molecule has 9 heteroatoms. The van der Waals surface area contributed by atoms with Crippen LogP contribution in [0.5, 0.6) is 0 Å². The number of hydrogen-bond donors (Lipinski definition) is 5. The summed E-state index contributed by atoms with van der Waals surface area (Å²) in [6.45, 7) is 3.78. The van der Waals surface area contributed by atoms with Crippen LogP contribution in [0.3, 0.4) is 0 Å². The van der Waals surface area contributed by atoms with Crippen LogP contribution in [0.2, 0.25) is 0 Å². The number of amides is 3. The molecule has 1 aliphatic heterocycles. The lowest BCUT2D eigenvalue weighted by atomic mass is 9.84. The minimum absolute atomic E-state index is 0.00243. The van der Waals surface area contributed by atoms with E-state index in [1.807, 2.05) is 38.1 Å². The van der Waals surface area contributed by atoms with Gasteiger partial charge in [0.25, 0.3) is 5.91 Å². The molecule has 1 saturated heterocycles. The summed E-state index contributed by atoms with van der Waals surface area (Å²) < 4.78 is 0. The highest BCUT2D eigenvalue weighted by Crippen LogP contribution is 2.29. The second kappa shape index (κ2) is 10.7. The maximum Gasteiger partial charge on any atom is 0.326 e. The molecule has 1 aliphatic carbocycles. The Labute approximate surface area is 210 Å². The van der Waals surface area contributed by atoms with E-state index < -0.39 is 41.3 Å². The fraction of sp³-hybridized carbons (Fsp3) is 0.556. The Morgan fingerprint density at radius 3 is 2.42 bits per heavy atom. The third-order valence-electron chi connectivity index (χ3n) is 7.41. The molecular weight excluding hydrogens is 460 g/mol. The Balaban J connectivity index is 1.48. The maximum atomic E-state index is 13.4. The van der Waals surface area contributed by atoms with Gasteiger partial charge in [0.1, 0.15) is 17.8 Å². The normalized spacial score (nSPS) is 21.5. The highest BCUT2D eigenvalue weighted by molar-refractivity contribution is 6.00. The number of carbonyl (C=O) groups is 4. The monoisotopic (exact) mass is 496 g/mol.